The number of amides is 2. The maximum atomic E-state index is 11.8. The van der Waals surface area contributed by atoms with Crippen LogP contribution in [0.25, 0.3) is 0 Å². The normalized spacial score (nSPS) is 18.5. The van der Waals surface area contributed by atoms with E-state index < -0.39 is 12.0 Å². The molecular weight excluding hydrogens is 248 g/mol. The molecule has 0 unspecified atom stereocenters. The van der Waals surface area contributed by atoms with Crippen LogP contribution in [0.3, 0.4) is 0 Å². The molecule has 2 amide bonds. The Morgan fingerprint density at radius 3 is 3.11 bits per heavy atom. The summed E-state index contributed by atoms with van der Waals surface area (Å²) in [6.07, 6.45) is 6.26. The van der Waals surface area contributed by atoms with E-state index in [1.807, 2.05) is 0 Å². The summed E-state index contributed by atoms with van der Waals surface area (Å²) in [5, 5.41) is 11.7. The molecular formula is C12H18N4O3. The zero-order valence-corrected chi connectivity index (χ0v) is 10.6. The lowest BCUT2D eigenvalue weighted by atomic mass is 10.2. The SMILES string of the molecule is O=C(O)[C@H]1CCCN1C(=O)NCCCc1ncc[nH]1. The van der Waals surface area contributed by atoms with Crippen LogP contribution in [0.1, 0.15) is 25.1 Å². The number of H-pyrrole nitrogens is 1. The first kappa shape index (κ1) is 13.4. The van der Waals surface area contributed by atoms with Crippen molar-refractivity contribution in [2.75, 3.05) is 13.1 Å². The van der Waals surface area contributed by atoms with Crippen molar-refractivity contribution in [2.45, 2.75) is 31.7 Å². The van der Waals surface area contributed by atoms with E-state index in [0.29, 0.717) is 19.5 Å². The van der Waals surface area contributed by atoms with Crippen LogP contribution in [-0.2, 0) is 11.2 Å². The predicted molar refractivity (Wildman–Crippen MR) is 67.7 cm³/mol. The van der Waals surface area contributed by atoms with Crippen molar-refractivity contribution in [1.82, 2.24) is 20.2 Å². The molecule has 104 valence electrons. The number of nitrogens with one attached hydrogen (secondary N) is 2. The van der Waals surface area contributed by atoms with Crippen LogP contribution in [0.15, 0.2) is 12.4 Å². The maximum absolute atomic E-state index is 11.8. The summed E-state index contributed by atoms with van der Waals surface area (Å²) in [7, 11) is 0. The lowest BCUT2D eigenvalue weighted by molar-refractivity contribution is -0.141. The summed E-state index contributed by atoms with van der Waals surface area (Å²) in [5.41, 5.74) is 0. The van der Waals surface area contributed by atoms with Crippen molar-refractivity contribution < 1.29 is 14.7 Å². The fraction of sp³-hybridized carbons (Fsp3) is 0.583. The van der Waals surface area contributed by atoms with Crippen LogP contribution in [0, 0.1) is 0 Å². The van der Waals surface area contributed by atoms with Crippen molar-refractivity contribution in [3.63, 3.8) is 0 Å². The highest BCUT2D eigenvalue weighted by Gasteiger charge is 2.33. The van der Waals surface area contributed by atoms with E-state index in [1.165, 1.54) is 4.90 Å². The molecule has 7 nitrogen and oxygen atoms in total. The highest BCUT2D eigenvalue weighted by molar-refractivity contribution is 5.83. The largest absolute Gasteiger partial charge is 0.480 e. The standard InChI is InChI=1S/C12H18N4O3/c17-11(18)9-3-2-8-16(9)12(19)15-5-1-4-10-13-6-7-14-10/h6-7,9H,1-5,8H2,(H,13,14)(H,15,19)(H,17,18)/t9-/m1/s1. The van der Waals surface area contributed by atoms with E-state index in [-0.39, 0.29) is 6.03 Å². The maximum Gasteiger partial charge on any atom is 0.326 e. The minimum absolute atomic E-state index is 0.288. The Kier molecular flexibility index (Phi) is 4.38. The van der Waals surface area contributed by atoms with Gasteiger partial charge in [0.2, 0.25) is 0 Å². The van der Waals surface area contributed by atoms with Gasteiger partial charge in [-0.25, -0.2) is 14.6 Å². The molecule has 7 heteroatoms. The first-order valence-electron chi connectivity index (χ1n) is 6.44. The molecule has 1 saturated heterocycles. The highest BCUT2D eigenvalue weighted by atomic mass is 16.4. The molecule has 19 heavy (non-hydrogen) atoms. The predicted octanol–water partition coefficient (Wildman–Crippen LogP) is 0.601. The number of carboxylic acid groups (broad SMARTS) is 1. The summed E-state index contributed by atoms with van der Waals surface area (Å²) < 4.78 is 0. The molecule has 1 atom stereocenters. The lowest BCUT2D eigenvalue weighted by Gasteiger charge is -2.21. The Hall–Kier alpha value is -2.05. The van der Waals surface area contributed by atoms with Gasteiger partial charge in [-0.05, 0) is 19.3 Å². The van der Waals surface area contributed by atoms with Gasteiger partial charge in [0.05, 0.1) is 0 Å². The molecule has 0 aliphatic carbocycles. The molecule has 2 rings (SSSR count). The van der Waals surface area contributed by atoms with Gasteiger partial charge in [0.25, 0.3) is 0 Å². The molecule has 0 saturated carbocycles. The minimum atomic E-state index is -0.928. The zero-order valence-electron chi connectivity index (χ0n) is 10.6. The van der Waals surface area contributed by atoms with Crippen LogP contribution in [0.5, 0.6) is 0 Å². The van der Waals surface area contributed by atoms with E-state index in [1.54, 1.807) is 12.4 Å². The summed E-state index contributed by atoms with van der Waals surface area (Å²) in [4.78, 5) is 31.3. The molecule has 0 spiro atoms. The Labute approximate surface area is 111 Å². The van der Waals surface area contributed by atoms with Crippen LogP contribution in [0.2, 0.25) is 0 Å². The number of carboxylic acids is 1. The number of aryl methyl sites for hydroxylation is 1. The highest BCUT2D eigenvalue weighted by Crippen LogP contribution is 2.17. The Balaban J connectivity index is 1.70. The smallest absolute Gasteiger partial charge is 0.326 e. The average molecular weight is 266 g/mol. The molecule has 1 aliphatic heterocycles. The van der Waals surface area contributed by atoms with E-state index >= 15 is 0 Å². The number of aliphatic carboxylic acids is 1. The number of likely N-dealkylation sites (tertiary alicyclic amines) is 1. The first-order valence-corrected chi connectivity index (χ1v) is 6.44. The van der Waals surface area contributed by atoms with Crippen LogP contribution >= 0.6 is 0 Å². The quantitative estimate of drug-likeness (QED) is 0.680. The Morgan fingerprint density at radius 2 is 2.42 bits per heavy atom. The molecule has 1 aliphatic rings. The monoisotopic (exact) mass is 266 g/mol. The number of nitrogens with zero attached hydrogens (tertiary/aromatic N) is 2. The molecule has 1 fully saturated rings. The van der Waals surface area contributed by atoms with Gasteiger partial charge in [-0.15, -0.1) is 0 Å². The van der Waals surface area contributed by atoms with Gasteiger partial charge in [0, 0.05) is 31.9 Å². The lowest BCUT2D eigenvalue weighted by Crippen LogP contribution is -2.46. The fourth-order valence-electron chi connectivity index (χ4n) is 2.25. The number of urea groups is 1. The molecule has 1 aromatic rings. The first-order chi connectivity index (χ1) is 9.18. The second-order valence-corrected chi connectivity index (χ2v) is 4.56. The number of aromatic amines is 1. The third kappa shape index (κ3) is 3.46. The van der Waals surface area contributed by atoms with Gasteiger partial charge < -0.3 is 20.3 Å². The Morgan fingerprint density at radius 1 is 1.58 bits per heavy atom. The van der Waals surface area contributed by atoms with Crippen molar-refractivity contribution >= 4 is 12.0 Å². The van der Waals surface area contributed by atoms with E-state index in [0.717, 1.165) is 25.1 Å². The van der Waals surface area contributed by atoms with Crippen LogP contribution in [-0.4, -0.2) is 51.1 Å². The molecule has 0 bridgehead atoms. The van der Waals surface area contributed by atoms with Gasteiger partial charge in [-0.2, -0.15) is 0 Å². The number of hydrogen-bond acceptors (Lipinski definition) is 3. The molecule has 0 radical (unpaired) electrons. The van der Waals surface area contributed by atoms with Crippen molar-refractivity contribution in [3.05, 3.63) is 18.2 Å². The number of imidazole rings is 1. The van der Waals surface area contributed by atoms with Gasteiger partial charge in [-0.1, -0.05) is 0 Å². The summed E-state index contributed by atoms with van der Waals surface area (Å²) >= 11 is 0. The van der Waals surface area contributed by atoms with E-state index in [4.69, 9.17) is 5.11 Å². The third-order valence-electron chi connectivity index (χ3n) is 3.22. The Bertz CT molecular complexity index is 432. The number of rotatable bonds is 5. The van der Waals surface area contributed by atoms with E-state index in [9.17, 15) is 9.59 Å². The third-order valence-corrected chi connectivity index (χ3v) is 3.22. The molecule has 1 aromatic heterocycles. The fourth-order valence-corrected chi connectivity index (χ4v) is 2.25. The van der Waals surface area contributed by atoms with Crippen molar-refractivity contribution in [3.8, 4) is 0 Å². The van der Waals surface area contributed by atoms with Crippen LogP contribution in [0.4, 0.5) is 4.79 Å². The zero-order chi connectivity index (χ0) is 13.7. The van der Waals surface area contributed by atoms with Gasteiger partial charge in [-0.3, -0.25) is 0 Å². The summed E-state index contributed by atoms with van der Waals surface area (Å²) in [6.45, 7) is 1.03. The van der Waals surface area contributed by atoms with Crippen LogP contribution < -0.4 is 5.32 Å². The van der Waals surface area contributed by atoms with Crippen molar-refractivity contribution in [2.24, 2.45) is 0 Å². The molecule has 0 aromatic carbocycles. The second kappa shape index (κ2) is 6.21. The van der Waals surface area contributed by atoms with Gasteiger partial charge in [0.1, 0.15) is 11.9 Å². The number of hydrogen-bond donors (Lipinski definition) is 3. The molecule has 3 N–H and O–H groups in total. The minimum Gasteiger partial charge on any atom is -0.480 e. The second-order valence-electron chi connectivity index (χ2n) is 4.56. The van der Waals surface area contributed by atoms with Crippen molar-refractivity contribution in [1.29, 1.82) is 0 Å². The van der Waals surface area contributed by atoms with Gasteiger partial charge >= 0.3 is 12.0 Å². The average Bonchev–Trinajstić information content (AvgIpc) is 3.04. The topological polar surface area (TPSA) is 98.3 Å². The van der Waals surface area contributed by atoms with Gasteiger partial charge in [0.15, 0.2) is 0 Å². The number of aromatic nitrogens is 2. The number of carbonyl (C=O) groups is 2. The molecule has 2 heterocycles. The van der Waals surface area contributed by atoms with E-state index in [2.05, 4.69) is 15.3 Å². The number of carbonyl (C=O) groups excluding carboxylic acids is 1. The summed E-state index contributed by atoms with van der Waals surface area (Å²) in [5.74, 6) is -0.0398. The summed E-state index contributed by atoms with van der Waals surface area (Å²) in [6, 6.07) is -0.964.